The van der Waals surface area contributed by atoms with Crippen LogP contribution in [0.2, 0.25) is 0 Å². The highest BCUT2D eigenvalue weighted by Crippen LogP contribution is 2.32. The maximum Gasteiger partial charge on any atom is 0.101 e. The van der Waals surface area contributed by atoms with Gasteiger partial charge in [-0.05, 0) is 43.0 Å². The first-order chi connectivity index (χ1) is 7.33. The number of H-pyrrole nitrogens is 1. The second-order valence-electron chi connectivity index (χ2n) is 4.57. The van der Waals surface area contributed by atoms with Crippen LogP contribution in [-0.2, 0) is 0 Å². The molecule has 0 saturated carbocycles. The molecule has 3 rings (SSSR count). The Bertz CT molecular complexity index is 391. The molecule has 0 spiro atoms. The molecular weight excluding hydrogens is 186 g/mol. The fourth-order valence-corrected chi connectivity index (χ4v) is 2.76. The van der Waals surface area contributed by atoms with Crippen LogP contribution < -0.4 is 5.73 Å². The van der Waals surface area contributed by atoms with Crippen LogP contribution in [0, 0.1) is 0 Å². The Balaban J connectivity index is 1.83. The molecule has 1 aromatic rings. The average Bonchev–Trinajstić information content (AvgIpc) is 2.84. The van der Waals surface area contributed by atoms with Gasteiger partial charge in [-0.2, -0.15) is 0 Å². The van der Waals surface area contributed by atoms with Crippen LogP contribution in [0.4, 0.5) is 5.82 Å². The summed E-state index contributed by atoms with van der Waals surface area (Å²) in [6.45, 7) is 2.40. The Morgan fingerprint density at radius 3 is 3.20 bits per heavy atom. The Kier molecular flexibility index (Phi) is 2.06. The van der Waals surface area contributed by atoms with Crippen LogP contribution >= 0.6 is 0 Å². The van der Waals surface area contributed by atoms with Crippen LogP contribution in [0.1, 0.15) is 24.8 Å². The summed E-state index contributed by atoms with van der Waals surface area (Å²) in [5.74, 6) is 0.764. The number of nitrogens with one attached hydrogen (secondary N) is 1. The van der Waals surface area contributed by atoms with Crippen LogP contribution in [0.25, 0.3) is 5.57 Å². The normalized spacial score (nSPS) is 26.4. The van der Waals surface area contributed by atoms with Gasteiger partial charge in [0, 0.05) is 18.8 Å². The fourth-order valence-electron chi connectivity index (χ4n) is 2.76. The molecule has 2 aliphatic rings. The van der Waals surface area contributed by atoms with Crippen molar-refractivity contribution in [3.8, 4) is 0 Å². The number of nitrogens with two attached hydrogens (primary N) is 1. The standard InChI is InChI=1S/C12H17N3/c13-12-7-10(8-14-12)9-3-5-15-4-1-2-11(15)6-9/h3,7-8,11,14H,1-2,4-6,13H2. The van der Waals surface area contributed by atoms with Gasteiger partial charge in [0.2, 0.25) is 0 Å². The highest BCUT2D eigenvalue weighted by molar-refractivity contribution is 5.68. The third kappa shape index (κ3) is 1.57. The first kappa shape index (κ1) is 9.04. The average molecular weight is 203 g/mol. The SMILES string of the molecule is Nc1cc(C2=CCN3CCCC3C2)c[nH]1. The van der Waals surface area contributed by atoms with E-state index in [0.717, 1.165) is 18.4 Å². The van der Waals surface area contributed by atoms with E-state index in [1.807, 2.05) is 12.3 Å². The van der Waals surface area contributed by atoms with E-state index in [0.29, 0.717) is 0 Å². The van der Waals surface area contributed by atoms with Gasteiger partial charge in [-0.25, -0.2) is 0 Å². The minimum Gasteiger partial charge on any atom is -0.385 e. The second kappa shape index (κ2) is 3.42. The van der Waals surface area contributed by atoms with Gasteiger partial charge in [-0.1, -0.05) is 6.08 Å². The van der Waals surface area contributed by atoms with Gasteiger partial charge in [0.1, 0.15) is 5.82 Å². The van der Waals surface area contributed by atoms with Crippen LogP contribution in [-0.4, -0.2) is 29.0 Å². The molecule has 1 unspecified atom stereocenters. The largest absolute Gasteiger partial charge is 0.385 e. The van der Waals surface area contributed by atoms with Crippen molar-refractivity contribution in [3.63, 3.8) is 0 Å². The summed E-state index contributed by atoms with van der Waals surface area (Å²) >= 11 is 0. The van der Waals surface area contributed by atoms with Crippen molar-refractivity contribution in [2.45, 2.75) is 25.3 Å². The van der Waals surface area contributed by atoms with Crippen molar-refractivity contribution in [2.24, 2.45) is 0 Å². The van der Waals surface area contributed by atoms with Crippen molar-refractivity contribution >= 4 is 11.4 Å². The Morgan fingerprint density at radius 1 is 1.47 bits per heavy atom. The first-order valence-electron chi connectivity index (χ1n) is 5.70. The first-order valence-corrected chi connectivity index (χ1v) is 5.70. The number of rotatable bonds is 1. The predicted octanol–water partition coefficient (Wildman–Crippen LogP) is 1.85. The lowest BCUT2D eigenvalue weighted by molar-refractivity contribution is 0.275. The van der Waals surface area contributed by atoms with Gasteiger partial charge >= 0.3 is 0 Å². The molecule has 1 saturated heterocycles. The quantitative estimate of drug-likeness (QED) is 0.731. The number of aromatic nitrogens is 1. The fraction of sp³-hybridized carbons (Fsp3) is 0.500. The third-order valence-electron chi connectivity index (χ3n) is 3.60. The van der Waals surface area contributed by atoms with E-state index in [1.54, 1.807) is 0 Å². The van der Waals surface area contributed by atoms with Gasteiger partial charge in [0.25, 0.3) is 0 Å². The molecule has 0 aromatic carbocycles. The van der Waals surface area contributed by atoms with E-state index >= 15 is 0 Å². The minimum atomic E-state index is 0.764. The summed E-state index contributed by atoms with van der Waals surface area (Å²) in [5, 5.41) is 0. The summed E-state index contributed by atoms with van der Waals surface area (Å²) in [6, 6.07) is 2.82. The van der Waals surface area contributed by atoms with E-state index < -0.39 is 0 Å². The number of nitrogens with zero attached hydrogens (tertiary/aromatic N) is 1. The number of nitrogen functional groups attached to an aromatic ring is 1. The van der Waals surface area contributed by atoms with E-state index in [-0.39, 0.29) is 0 Å². The zero-order chi connectivity index (χ0) is 10.3. The molecule has 80 valence electrons. The number of hydrogen-bond acceptors (Lipinski definition) is 2. The van der Waals surface area contributed by atoms with E-state index in [9.17, 15) is 0 Å². The van der Waals surface area contributed by atoms with Crippen molar-refractivity contribution in [1.82, 2.24) is 9.88 Å². The topological polar surface area (TPSA) is 45.0 Å². The number of fused-ring (bicyclic) bond motifs is 1. The summed E-state index contributed by atoms with van der Waals surface area (Å²) in [4.78, 5) is 5.63. The minimum absolute atomic E-state index is 0.764. The molecule has 3 nitrogen and oxygen atoms in total. The summed E-state index contributed by atoms with van der Waals surface area (Å²) in [6.07, 6.45) is 8.28. The lowest BCUT2D eigenvalue weighted by Gasteiger charge is -2.28. The molecule has 3 heterocycles. The second-order valence-corrected chi connectivity index (χ2v) is 4.57. The van der Waals surface area contributed by atoms with E-state index in [1.165, 1.54) is 36.9 Å². The highest BCUT2D eigenvalue weighted by Gasteiger charge is 2.27. The van der Waals surface area contributed by atoms with Crippen LogP contribution in [0.5, 0.6) is 0 Å². The molecule has 0 amide bonds. The Hall–Kier alpha value is -1.22. The maximum atomic E-state index is 5.70. The monoisotopic (exact) mass is 203 g/mol. The van der Waals surface area contributed by atoms with Crippen molar-refractivity contribution in [3.05, 3.63) is 23.9 Å². The van der Waals surface area contributed by atoms with Crippen LogP contribution in [0.15, 0.2) is 18.3 Å². The van der Waals surface area contributed by atoms with Crippen LogP contribution in [0.3, 0.4) is 0 Å². The zero-order valence-electron chi connectivity index (χ0n) is 8.87. The molecule has 2 aliphatic heterocycles. The molecule has 3 heteroatoms. The van der Waals surface area contributed by atoms with Crippen molar-refractivity contribution < 1.29 is 0 Å². The molecule has 0 bridgehead atoms. The molecule has 0 radical (unpaired) electrons. The van der Waals surface area contributed by atoms with Crippen molar-refractivity contribution in [2.75, 3.05) is 18.8 Å². The number of anilines is 1. The highest BCUT2D eigenvalue weighted by atomic mass is 15.2. The Labute approximate surface area is 90.0 Å². The summed E-state index contributed by atoms with van der Waals surface area (Å²) in [7, 11) is 0. The number of hydrogen-bond donors (Lipinski definition) is 2. The summed E-state index contributed by atoms with van der Waals surface area (Å²) in [5.41, 5.74) is 8.44. The van der Waals surface area contributed by atoms with E-state index in [2.05, 4.69) is 16.0 Å². The van der Waals surface area contributed by atoms with Gasteiger partial charge in [-0.3, -0.25) is 4.90 Å². The van der Waals surface area contributed by atoms with Gasteiger partial charge < -0.3 is 10.7 Å². The molecular formula is C12H17N3. The van der Waals surface area contributed by atoms with Crippen molar-refractivity contribution in [1.29, 1.82) is 0 Å². The van der Waals surface area contributed by atoms with Gasteiger partial charge in [-0.15, -0.1) is 0 Å². The lowest BCUT2D eigenvalue weighted by atomic mass is 9.96. The zero-order valence-corrected chi connectivity index (χ0v) is 8.87. The third-order valence-corrected chi connectivity index (χ3v) is 3.60. The predicted molar refractivity (Wildman–Crippen MR) is 62.4 cm³/mol. The summed E-state index contributed by atoms with van der Waals surface area (Å²) < 4.78 is 0. The molecule has 1 atom stereocenters. The number of aromatic amines is 1. The molecule has 15 heavy (non-hydrogen) atoms. The Morgan fingerprint density at radius 2 is 2.40 bits per heavy atom. The van der Waals surface area contributed by atoms with E-state index in [4.69, 9.17) is 5.73 Å². The lowest BCUT2D eigenvalue weighted by Crippen LogP contribution is -2.32. The molecule has 1 aromatic heterocycles. The molecule has 1 fully saturated rings. The molecule has 0 aliphatic carbocycles. The molecule has 3 N–H and O–H groups in total. The maximum absolute atomic E-state index is 5.70. The smallest absolute Gasteiger partial charge is 0.101 e. The van der Waals surface area contributed by atoms with Gasteiger partial charge in [0.05, 0.1) is 0 Å². The van der Waals surface area contributed by atoms with Gasteiger partial charge in [0.15, 0.2) is 0 Å².